The number of aromatic nitrogens is 1. The number of hydrogen-bond donors (Lipinski definition) is 1. The van der Waals surface area contributed by atoms with Gasteiger partial charge < -0.3 is 4.52 Å². The van der Waals surface area contributed by atoms with Crippen molar-refractivity contribution in [2.45, 2.75) is 26.2 Å². The fourth-order valence-electron chi connectivity index (χ4n) is 2.27. The van der Waals surface area contributed by atoms with Crippen LogP contribution in [0.2, 0.25) is 0 Å². The van der Waals surface area contributed by atoms with Gasteiger partial charge in [0.1, 0.15) is 5.69 Å². The first-order valence-electron chi connectivity index (χ1n) is 7.63. The smallest absolute Gasteiger partial charge is 0.231 e. The number of thiophene rings is 1. The summed E-state index contributed by atoms with van der Waals surface area (Å²) in [5, 5.41) is 8.78. The SMILES string of the molecule is CCc1ccc(-c2cc(NC(=O)CCc3cccs3)on2)cc1. The maximum absolute atomic E-state index is 11.9. The van der Waals surface area contributed by atoms with Crippen LogP contribution in [0.15, 0.2) is 52.4 Å². The minimum atomic E-state index is -0.0672. The summed E-state index contributed by atoms with van der Waals surface area (Å²) in [4.78, 5) is 13.1. The second-order valence-corrected chi connectivity index (χ2v) is 6.29. The largest absolute Gasteiger partial charge is 0.338 e. The standard InChI is InChI=1S/C18H18N2O2S/c1-2-13-5-7-14(8-6-13)16-12-18(22-20-16)19-17(21)10-9-15-4-3-11-23-15/h3-8,11-12H,2,9-10H2,1H3,(H,19,21). The van der Waals surface area contributed by atoms with Gasteiger partial charge in [0.05, 0.1) is 0 Å². The number of anilines is 1. The van der Waals surface area contributed by atoms with Crippen molar-refractivity contribution in [1.82, 2.24) is 5.16 Å². The van der Waals surface area contributed by atoms with E-state index in [9.17, 15) is 4.79 Å². The second-order valence-electron chi connectivity index (χ2n) is 5.25. The molecule has 0 spiro atoms. The molecule has 3 rings (SSSR count). The van der Waals surface area contributed by atoms with Gasteiger partial charge in [-0.05, 0) is 29.9 Å². The predicted molar refractivity (Wildman–Crippen MR) is 92.6 cm³/mol. The lowest BCUT2D eigenvalue weighted by molar-refractivity contribution is -0.116. The van der Waals surface area contributed by atoms with E-state index in [1.807, 2.05) is 29.6 Å². The van der Waals surface area contributed by atoms with Gasteiger partial charge in [-0.2, -0.15) is 0 Å². The summed E-state index contributed by atoms with van der Waals surface area (Å²) in [6.07, 6.45) is 2.18. The molecule has 0 aliphatic carbocycles. The Labute approximate surface area is 139 Å². The number of carbonyl (C=O) groups excluding carboxylic acids is 1. The highest BCUT2D eigenvalue weighted by Crippen LogP contribution is 2.22. The number of amides is 1. The van der Waals surface area contributed by atoms with Crippen molar-refractivity contribution in [2.24, 2.45) is 0 Å². The second kappa shape index (κ2) is 7.24. The topological polar surface area (TPSA) is 55.1 Å². The average Bonchev–Trinajstić information content (AvgIpc) is 3.25. The molecule has 1 aromatic carbocycles. The number of rotatable bonds is 6. The Morgan fingerprint density at radius 1 is 1.26 bits per heavy atom. The van der Waals surface area contributed by atoms with E-state index in [4.69, 9.17) is 4.52 Å². The highest BCUT2D eigenvalue weighted by molar-refractivity contribution is 7.09. The molecule has 0 fully saturated rings. The number of nitrogens with zero attached hydrogens (tertiary/aromatic N) is 1. The number of benzene rings is 1. The van der Waals surface area contributed by atoms with Crippen LogP contribution in [0.4, 0.5) is 5.88 Å². The van der Waals surface area contributed by atoms with Gasteiger partial charge >= 0.3 is 0 Å². The van der Waals surface area contributed by atoms with E-state index in [-0.39, 0.29) is 5.91 Å². The number of aryl methyl sites for hydroxylation is 2. The van der Waals surface area contributed by atoms with Crippen molar-refractivity contribution < 1.29 is 9.32 Å². The third-order valence-corrected chi connectivity index (χ3v) is 4.55. The molecule has 118 valence electrons. The highest BCUT2D eigenvalue weighted by atomic mass is 32.1. The minimum absolute atomic E-state index is 0.0672. The van der Waals surface area contributed by atoms with Crippen LogP contribution < -0.4 is 5.32 Å². The molecule has 5 heteroatoms. The predicted octanol–water partition coefficient (Wildman–Crippen LogP) is 4.54. The van der Waals surface area contributed by atoms with Crippen molar-refractivity contribution in [2.75, 3.05) is 5.32 Å². The van der Waals surface area contributed by atoms with Gasteiger partial charge in [-0.15, -0.1) is 11.3 Å². The minimum Gasteiger partial charge on any atom is -0.338 e. The fourth-order valence-corrected chi connectivity index (χ4v) is 2.98. The molecule has 4 nitrogen and oxygen atoms in total. The average molecular weight is 326 g/mol. The zero-order valence-electron chi connectivity index (χ0n) is 12.9. The van der Waals surface area contributed by atoms with E-state index in [1.165, 1.54) is 10.4 Å². The van der Waals surface area contributed by atoms with Crippen molar-refractivity contribution in [3.63, 3.8) is 0 Å². The Kier molecular flexibility index (Phi) is 4.88. The van der Waals surface area contributed by atoms with Crippen LogP contribution in [0, 0.1) is 0 Å². The molecule has 0 bridgehead atoms. The summed E-state index contributed by atoms with van der Waals surface area (Å²) in [6, 6.07) is 13.9. The van der Waals surface area contributed by atoms with Crippen LogP contribution in [-0.2, 0) is 17.6 Å². The van der Waals surface area contributed by atoms with Gasteiger partial charge in [-0.25, -0.2) is 0 Å². The van der Waals surface area contributed by atoms with Crippen LogP contribution >= 0.6 is 11.3 Å². The Morgan fingerprint density at radius 3 is 2.78 bits per heavy atom. The Bertz CT molecular complexity index is 761. The van der Waals surface area contributed by atoms with Crippen molar-refractivity contribution in [1.29, 1.82) is 0 Å². The molecule has 0 saturated heterocycles. The maximum Gasteiger partial charge on any atom is 0.231 e. The quantitative estimate of drug-likeness (QED) is 0.723. The van der Waals surface area contributed by atoms with E-state index >= 15 is 0 Å². The number of nitrogens with one attached hydrogen (secondary N) is 1. The summed E-state index contributed by atoms with van der Waals surface area (Å²) in [5.41, 5.74) is 2.98. The maximum atomic E-state index is 11.9. The van der Waals surface area contributed by atoms with E-state index in [0.717, 1.165) is 24.1 Å². The summed E-state index contributed by atoms with van der Waals surface area (Å²) in [7, 11) is 0. The molecular weight excluding hydrogens is 308 g/mol. The van der Waals surface area contributed by atoms with Crippen LogP contribution in [0.5, 0.6) is 0 Å². The summed E-state index contributed by atoms with van der Waals surface area (Å²) in [6.45, 7) is 2.12. The molecule has 0 atom stereocenters. The fraction of sp³-hybridized carbons (Fsp3) is 0.222. The molecule has 1 N–H and O–H groups in total. The van der Waals surface area contributed by atoms with Gasteiger partial charge in [-0.3, -0.25) is 10.1 Å². The highest BCUT2D eigenvalue weighted by Gasteiger charge is 2.10. The molecule has 23 heavy (non-hydrogen) atoms. The molecule has 1 amide bonds. The van der Waals surface area contributed by atoms with Gasteiger partial charge in [-0.1, -0.05) is 42.4 Å². The zero-order chi connectivity index (χ0) is 16.1. The molecule has 0 saturated carbocycles. The first kappa shape index (κ1) is 15.5. The Hall–Kier alpha value is -2.40. The van der Waals surface area contributed by atoms with E-state index in [2.05, 4.69) is 29.5 Å². The van der Waals surface area contributed by atoms with Crippen molar-refractivity contribution in [3.8, 4) is 11.3 Å². The number of hydrogen-bond acceptors (Lipinski definition) is 4. The van der Waals surface area contributed by atoms with Crippen molar-refractivity contribution >= 4 is 23.1 Å². The number of carbonyl (C=O) groups is 1. The van der Waals surface area contributed by atoms with Crippen LogP contribution in [0.1, 0.15) is 23.8 Å². The molecular formula is C18H18N2O2S. The molecule has 0 aliphatic rings. The zero-order valence-corrected chi connectivity index (χ0v) is 13.7. The van der Waals surface area contributed by atoms with Gasteiger partial charge in [0.25, 0.3) is 0 Å². The van der Waals surface area contributed by atoms with Crippen molar-refractivity contribution in [3.05, 3.63) is 58.3 Å². The summed E-state index contributed by atoms with van der Waals surface area (Å²) >= 11 is 1.66. The van der Waals surface area contributed by atoms with Gasteiger partial charge in [0.15, 0.2) is 0 Å². The van der Waals surface area contributed by atoms with Gasteiger partial charge in [0.2, 0.25) is 11.8 Å². The normalized spacial score (nSPS) is 10.7. The molecule has 2 heterocycles. The van der Waals surface area contributed by atoms with Crippen LogP contribution in [-0.4, -0.2) is 11.1 Å². The monoisotopic (exact) mass is 326 g/mol. The third kappa shape index (κ3) is 4.07. The lowest BCUT2D eigenvalue weighted by Gasteiger charge is -1.99. The lowest BCUT2D eigenvalue weighted by atomic mass is 10.1. The summed E-state index contributed by atoms with van der Waals surface area (Å²) in [5.74, 6) is 0.318. The van der Waals surface area contributed by atoms with E-state index in [1.54, 1.807) is 17.4 Å². The molecule has 0 aliphatic heterocycles. The van der Waals surface area contributed by atoms with E-state index < -0.39 is 0 Å². The Morgan fingerprint density at radius 2 is 2.09 bits per heavy atom. The molecule has 2 aromatic heterocycles. The van der Waals surface area contributed by atoms with Crippen LogP contribution in [0.3, 0.4) is 0 Å². The van der Waals surface area contributed by atoms with E-state index in [0.29, 0.717) is 12.3 Å². The molecule has 0 unspecified atom stereocenters. The first-order chi connectivity index (χ1) is 11.2. The molecule has 3 aromatic rings. The lowest BCUT2D eigenvalue weighted by Crippen LogP contribution is -2.11. The summed E-state index contributed by atoms with van der Waals surface area (Å²) < 4.78 is 5.20. The third-order valence-electron chi connectivity index (χ3n) is 3.61. The first-order valence-corrected chi connectivity index (χ1v) is 8.51. The Balaban J connectivity index is 1.58. The van der Waals surface area contributed by atoms with Gasteiger partial charge in [0, 0.05) is 22.9 Å². The van der Waals surface area contributed by atoms with Crippen LogP contribution in [0.25, 0.3) is 11.3 Å². The molecule has 0 radical (unpaired) electrons.